The number of carboxylic acids is 1. The van der Waals surface area contributed by atoms with Crippen LogP contribution in [0.4, 0.5) is 5.69 Å². The Balaban J connectivity index is 1.71. The lowest BCUT2D eigenvalue weighted by Gasteiger charge is -2.24. The van der Waals surface area contributed by atoms with E-state index in [-0.39, 0.29) is 12.5 Å². The fourth-order valence-electron chi connectivity index (χ4n) is 3.07. The van der Waals surface area contributed by atoms with Gasteiger partial charge in [0, 0.05) is 0 Å². The number of carboxylic acid groups (broad SMARTS) is 1. The van der Waals surface area contributed by atoms with Crippen LogP contribution in [0, 0.1) is 11.8 Å². The molecule has 1 aromatic carbocycles. The largest absolute Gasteiger partial charge is 0.481 e. The molecule has 3 N–H and O–H groups in total. The first-order valence-electron chi connectivity index (χ1n) is 8.64. The molecule has 7 nitrogen and oxygen atoms in total. The quantitative estimate of drug-likeness (QED) is 0.680. The molecule has 2 aromatic rings. The van der Waals surface area contributed by atoms with Crippen LogP contribution in [0.2, 0.25) is 0 Å². The van der Waals surface area contributed by atoms with Crippen LogP contribution < -0.4 is 10.6 Å². The number of anilines is 1. The number of furan rings is 1. The molecular formula is C20H20N2O5. The first kappa shape index (κ1) is 18.4. The van der Waals surface area contributed by atoms with Crippen LogP contribution in [-0.2, 0) is 16.1 Å². The molecule has 1 aliphatic carbocycles. The third-order valence-electron chi connectivity index (χ3n) is 4.52. The second kappa shape index (κ2) is 8.35. The van der Waals surface area contributed by atoms with Crippen molar-refractivity contribution in [1.82, 2.24) is 5.32 Å². The zero-order chi connectivity index (χ0) is 19.2. The summed E-state index contributed by atoms with van der Waals surface area (Å²) in [5, 5.41) is 14.8. The molecule has 0 saturated carbocycles. The molecule has 0 bridgehead atoms. The molecule has 0 unspecified atom stereocenters. The summed E-state index contributed by atoms with van der Waals surface area (Å²) in [4.78, 5) is 36.5. The van der Waals surface area contributed by atoms with Crippen molar-refractivity contribution in [3.05, 3.63) is 66.1 Å². The topological polar surface area (TPSA) is 109 Å². The second-order valence-electron chi connectivity index (χ2n) is 6.29. The van der Waals surface area contributed by atoms with Gasteiger partial charge < -0.3 is 20.2 Å². The maximum atomic E-state index is 12.6. The summed E-state index contributed by atoms with van der Waals surface area (Å²) in [6.07, 6.45) is 5.78. The molecule has 27 heavy (non-hydrogen) atoms. The van der Waals surface area contributed by atoms with Crippen molar-refractivity contribution in [3.63, 3.8) is 0 Å². The zero-order valence-electron chi connectivity index (χ0n) is 14.6. The van der Waals surface area contributed by atoms with Crippen LogP contribution in [0.15, 0.2) is 59.2 Å². The first-order chi connectivity index (χ1) is 13.1. The third kappa shape index (κ3) is 4.44. The van der Waals surface area contributed by atoms with Crippen molar-refractivity contribution in [2.24, 2.45) is 11.8 Å². The normalized spacial score (nSPS) is 18.7. The minimum absolute atomic E-state index is 0.225. The maximum Gasteiger partial charge on any atom is 0.307 e. The lowest BCUT2D eigenvalue weighted by molar-refractivity contribution is -0.146. The fraction of sp³-hybridized carbons (Fsp3) is 0.250. The van der Waals surface area contributed by atoms with Crippen molar-refractivity contribution in [3.8, 4) is 0 Å². The second-order valence-corrected chi connectivity index (χ2v) is 6.29. The number of para-hydroxylation sites is 1. The van der Waals surface area contributed by atoms with Crippen LogP contribution in [0.5, 0.6) is 0 Å². The minimum atomic E-state index is -0.996. The Labute approximate surface area is 156 Å². The van der Waals surface area contributed by atoms with Gasteiger partial charge in [-0.1, -0.05) is 24.3 Å². The zero-order valence-corrected chi connectivity index (χ0v) is 14.6. The summed E-state index contributed by atoms with van der Waals surface area (Å²) in [6, 6.07) is 10.1. The molecule has 0 fully saturated rings. The highest BCUT2D eigenvalue weighted by Gasteiger charge is 2.34. The summed E-state index contributed by atoms with van der Waals surface area (Å²) in [6.45, 7) is 0.225. The third-order valence-corrected chi connectivity index (χ3v) is 4.52. The van der Waals surface area contributed by atoms with E-state index in [0.717, 1.165) is 0 Å². The van der Waals surface area contributed by atoms with Gasteiger partial charge in [-0.2, -0.15) is 0 Å². The monoisotopic (exact) mass is 368 g/mol. The summed E-state index contributed by atoms with van der Waals surface area (Å²) < 4.78 is 5.18. The standard InChI is InChI=1S/C20H20N2O5/c23-18(21-12-13-6-5-11-27-13)16-9-3-4-10-17(16)22-19(24)14-7-1-2-8-15(14)20(25)26/h1-6,9-11,14-15H,7-8,12H2,(H,21,23)(H,22,24)(H,25,26)/t14-,15+/m1/s1. The van der Waals surface area contributed by atoms with Crippen molar-refractivity contribution < 1.29 is 23.9 Å². The number of hydrogen-bond acceptors (Lipinski definition) is 4. The molecule has 140 valence electrons. The van der Waals surface area contributed by atoms with E-state index in [0.29, 0.717) is 29.9 Å². The number of carbonyl (C=O) groups is 3. The molecule has 0 aliphatic heterocycles. The van der Waals surface area contributed by atoms with E-state index >= 15 is 0 Å². The van der Waals surface area contributed by atoms with Crippen molar-refractivity contribution in [2.45, 2.75) is 19.4 Å². The van der Waals surface area contributed by atoms with Crippen molar-refractivity contribution in [1.29, 1.82) is 0 Å². The molecule has 1 aliphatic rings. The Morgan fingerprint density at radius 3 is 2.48 bits per heavy atom. The SMILES string of the molecule is O=C(NCc1ccco1)c1ccccc1NC(=O)[C@@H]1CC=CC[C@@H]1C(=O)O. The number of carbonyl (C=O) groups excluding carboxylic acids is 2. The number of rotatable bonds is 6. The van der Waals surface area contributed by atoms with Crippen LogP contribution >= 0.6 is 0 Å². The Morgan fingerprint density at radius 1 is 1.04 bits per heavy atom. The van der Waals surface area contributed by atoms with E-state index in [1.165, 1.54) is 6.26 Å². The number of nitrogens with one attached hydrogen (secondary N) is 2. The molecule has 2 amide bonds. The summed E-state index contributed by atoms with van der Waals surface area (Å²) in [5.74, 6) is -2.59. The minimum Gasteiger partial charge on any atom is -0.481 e. The number of allylic oxidation sites excluding steroid dienone is 2. The van der Waals surface area contributed by atoms with Crippen LogP contribution in [0.3, 0.4) is 0 Å². The molecule has 2 atom stereocenters. The maximum absolute atomic E-state index is 12.6. The Hall–Kier alpha value is -3.35. The number of amides is 2. The fourth-order valence-corrected chi connectivity index (χ4v) is 3.07. The van der Waals surface area contributed by atoms with Gasteiger partial charge >= 0.3 is 5.97 Å². The molecule has 7 heteroatoms. The Kier molecular flexibility index (Phi) is 5.71. The van der Waals surface area contributed by atoms with Gasteiger partial charge in [-0.05, 0) is 37.1 Å². The Bertz CT molecular complexity index is 857. The van der Waals surface area contributed by atoms with E-state index in [4.69, 9.17) is 4.42 Å². The van der Waals surface area contributed by atoms with Gasteiger partial charge in [0.1, 0.15) is 5.76 Å². The van der Waals surface area contributed by atoms with E-state index < -0.39 is 23.7 Å². The highest BCUT2D eigenvalue weighted by atomic mass is 16.4. The summed E-state index contributed by atoms with van der Waals surface area (Å²) in [7, 11) is 0. The number of benzene rings is 1. The molecule has 0 radical (unpaired) electrons. The van der Waals surface area contributed by atoms with Crippen LogP contribution in [0.1, 0.15) is 29.0 Å². The average Bonchev–Trinajstić information content (AvgIpc) is 3.20. The Morgan fingerprint density at radius 2 is 1.78 bits per heavy atom. The van der Waals surface area contributed by atoms with Crippen molar-refractivity contribution >= 4 is 23.5 Å². The van der Waals surface area contributed by atoms with Crippen molar-refractivity contribution in [2.75, 3.05) is 5.32 Å². The molecule has 1 heterocycles. The smallest absolute Gasteiger partial charge is 0.307 e. The molecule has 3 rings (SSSR count). The predicted molar refractivity (Wildman–Crippen MR) is 97.9 cm³/mol. The van der Waals surface area contributed by atoms with Gasteiger partial charge in [-0.15, -0.1) is 0 Å². The predicted octanol–water partition coefficient (Wildman–Crippen LogP) is 2.82. The van der Waals surface area contributed by atoms with Crippen LogP contribution in [0.25, 0.3) is 0 Å². The van der Waals surface area contributed by atoms with Gasteiger partial charge in [-0.3, -0.25) is 14.4 Å². The van der Waals surface area contributed by atoms with Gasteiger partial charge in [0.15, 0.2) is 0 Å². The van der Waals surface area contributed by atoms with Gasteiger partial charge in [0.05, 0.1) is 35.9 Å². The lowest BCUT2D eigenvalue weighted by atomic mass is 9.82. The molecule has 0 spiro atoms. The highest BCUT2D eigenvalue weighted by molar-refractivity contribution is 6.04. The lowest BCUT2D eigenvalue weighted by Crippen LogP contribution is -2.35. The average molecular weight is 368 g/mol. The number of hydrogen-bond donors (Lipinski definition) is 3. The van der Waals surface area contributed by atoms with E-state index in [2.05, 4.69) is 10.6 Å². The van der Waals surface area contributed by atoms with Gasteiger partial charge in [-0.25, -0.2) is 0 Å². The summed E-state index contributed by atoms with van der Waals surface area (Å²) >= 11 is 0. The van der Waals surface area contributed by atoms with E-state index in [1.807, 2.05) is 6.08 Å². The highest BCUT2D eigenvalue weighted by Crippen LogP contribution is 2.28. The number of aliphatic carboxylic acids is 1. The van der Waals surface area contributed by atoms with Gasteiger partial charge in [0.2, 0.25) is 5.91 Å². The van der Waals surface area contributed by atoms with Gasteiger partial charge in [0.25, 0.3) is 5.91 Å². The molecular weight excluding hydrogens is 348 g/mol. The summed E-state index contributed by atoms with van der Waals surface area (Å²) in [5.41, 5.74) is 0.647. The van der Waals surface area contributed by atoms with E-state index in [1.54, 1.807) is 42.5 Å². The van der Waals surface area contributed by atoms with E-state index in [9.17, 15) is 19.5 Å². The van der Waals surface area contributed by atoms with Crippen LogP contribution in [-0.4, -0.2) is 22.9 Å². The molecule has 1 aromatic heterocycles. The first-order valence-corrected chi connectivity index (χ1v) is 8.64. The molecule has 0 saturated heterocycles.